The summed E-state index contributed by atoms with van der Waals surface area (Å²) in [5.41, 5.74) is 4.50. The highest BCUT2D eigenvalue weighted by Crippen LogP contribution is 2.28. The number of sulfone groups is 1. The first-order valence-electron chi connectivity index (χ1n) is 8.27. The first-order valence-corrected chi connectivity index (χ1v) is 10.1. The largest absolute Gasteiger partial charge is 0.369 e. The first-order chi connectivity index (χ1) is 11.8. The summed E-state index contributed by atoms with van der Waals surface area (Å²) < 4.78 is 25.4. The van der Waals surface area contributed by atoms with Crippen molar-refractivity contribution in [3.63, 3.8) is 0 Å². The predicted octanol–water partition coefficient (Wildman–Crippen LogP) is 2.37. The Balaban J connectivity index is 1.88. The summed E-state index contributed by atoms with van der Waals surface area (Å²) >= 11 is 0. The lowest BCUT2D eigenvalue weighted by Crippen LogP contribution is -2.19. The van der Waals surface area contributed by atoms with Crippen LogP contribution in [0.5, 0.6) is 0 Å². The minimum absolute atomic E-state index is 0.0749. The van der Waals surface area contributed by atoms with Gasteiger partial charge in [-0.3, -0.25) is 4.68 Å². The summed E-state index contributed by atoms with van der Waals surface area (Å²) in [6.45, 7) is 4.56. The molecule has 0 radical (unpaired) electrons. The van der Waals surface area contributed by atoms with E-state index in [-0.39, 0.29) is 17.5 Å². The first kappa shape index (κ1) is 17.5. The summed E-state index contributed by atoms with van der Waals surface area (Å²) in [5.74, 6) is 0.405. The molecule has 2 heterocycles. The summed E-state index contributed by atoms with van der Waals surface area (Å²) in [6.07, 6.45) is 0.622. The van der Waals surface area contributed by atoms with Gasteiger partial charge >= 0.3 is 0 Å². The third kappa shape index (κ3) is 3.40. The van der Waals surface area contributed by atoms with Crippen molar-refractivity contribution in [2.24, 2.45) is 0 Å². The Morgan fingerprint density at radius 2 is 2.08 bits per heavy atom. The number of para-hydroxylation sites is 1. The summed E-state index contributed by atoms with van der Waals surface area (Å²) in [6, 6.07) is 9.65. The van der Waals surface area contributed by atoms with E-state index in [4.69, 9.17) is 0 Å². The van der Waals surface area contributed by atoms with Crippen LogP contribution < -0.4 is 4.90 Å². The minimum Gasteiger partial charge on any atom is -0.369 e. The van der Waals surface area contributed by atoms with E-state index in [1.54, 1.807) is 6.07 Å². The molecule has 1 aromatic carbocycles. The van der Waals surface area contributed by atoms with Crippen molar-refractivity contribution in [2.45, 2.75) is 32.9 Å². The molecule has 1 saturated heterocycles. The molecule has 7 heteroatoms. The molecule has 0 spiro atoms. The maximum Gasteiger partial charge on any atom is 0.152 e. The Morgan fingerprint density at radius 1 is 1.36 bits per heavy atom. The Morgan fingerprint density at radius 3 is 2.72 bits per heavy atom. The molecule has 25 heavy (non-hydrogen) atoms. The van der Waals surface area contributed by atoms with Gasteiger partial charge in [0.05, 0.1) is 34.5 Å². The third-order valence-corrected chi connectivity index (χ3v) is 6.61. The topological polar surface area (TPSA) is 79.0 Å². The van der Waals surface area contributed by atoms with Crippen molar-refractivity contribution >= 4 is 15.5 Å². The van der Waals surface area contributed by atoms with Gasteiger partial charge in [0.25, 0.3) is 0 Å². The van der Waals surface area contributed by atoms with E-state index in [1.165, 1.54) is 0 Å². The van der Waals surface area contributed by atoms with Crippen molar-refractivity contribution in [2.75, 3.05) is 23.5 Å². The number of hydrogen-bond donors (Lipinski definition) is 0. The molecule has 1 aliphatic rings. The molecule has 1 atom stereocenters. The number of anilines is 1. The van der Waals surface area contributed by atoms with Gasteiger partial charge in [0.1, 0.15) is 6.07 Å². The maximum atomic E-state index is 11.8. The van der Waals surface area contributed by atoms with Gasteiger partial charge in [-0.15, -0.1) is 0 Å². The average Bonchev–Trinajstić information content (AvgIpc) is 3.08. The van der Waals surface area contributed by atoms with E-state index in [1.807, 2.05) is 48.7 Å². The summed E-state index contributed by atoms with van der Waals surface area (Å²) in [5, 5.41) is 13.9. The van der Waals surface area contributed by atoms with Gasteiger partial charge in [0.2, 0.25) is 0 Å². The zero-order valence-corrected chi connectivity index (χ0v) is 15.5. The Kier molecular flexibility index (Phi) is 4.56. The quantitative estimate of drug-likeness (QED) is 0.838. The van der Waals surface area contributed by atoms with E-state index >= 15 is 0 Å². The molecule has 2 aromatic rings. The highest BCUT2D eigenvalue weighted by atomic mass is 32.2. The van der Waals surface area contributed by atoms with Crippen LogP contribution in [0.25, 0.3) is 0 Å². The lowest BCUT2D eigenvalue weighted by Gasteiger charge is -2.21. The molecule has 0 bridgehead atoms. The van der Waals surface area contributed by atoms with Gasteiger partial charge in [-0.05, 0) is 32.4 Å². The Hall–Kier alpha value is -2.33. The second-order valence-electron chi connectivity index (χ2n) is 6.64. The zero-order chi connectivity index (χ0) is 18.2. The number of aromatic nitrogens is 2. The van der Waals surface area contributed by atoms with Crippen molar-refractivity contribution in [3.8, 4) is 6.07 Å². The standard InChI is InChI=1S/C18H22N4O2S/c1-13-17(11-21(3)18-7-5-4-6-15(18)10-19)14(2)22(20-13)16-8-9-25(23,24)12-16/h4-7,16H,8-9,11-12H2,1-3H3. The molecule has 1 aromatic heterocycles. The molecule has 3 rings (SSSR count). The van der Waals surface area contributed by atoms with Gasteiger partial charge in [-0.1, -0.05) is 12.1 Å². The fourth-order valence-electron chi connectivity index (χ4n) is 3.47. The molecule has 0 aliphatic carbocycles. The van der Waals surface area contributed by atoms with E-state index in [0.717, 1.165) is 22.6 Å². The second-order valence-corrected chi connectivity index (χ2v) is 8.86. The van der Waals surface area contributed by atoms with Crippen LogP contribution in [0.15, 0.2) is 24.3 Å². The smallest absolute Gasteiger partial charge is 0.152 e. The van der Waals surface area contributed by atoms with Crippen molar-refractivity contribution in [3.05, 3.63) is 46.8 Å². The van der Waals surface area contributed by atoms with E-state index in [0.29, 0.717) is 18.5 Å². The molecule has 0 saturated carbocycles. The Labute approximate surface area is 148 Å². The van der Waals surface area contributed by atoms with E-state index in [9.17, 15) is 13.7 Å². The van der Waals surface area contributed by atoms with Crippen LogP contribution in [-0.2, 0) is 16.4 Å². The number of benzene rings is 1. The number of nitrogens with zero attached hydrogens (tertiary/aromatic N) is 4. The lowest BCUT2D eigenvalue weighted by molar-refractivity contribution is 0.485. The van der Waals surface area contributed by atoms with Crippen LogP contribution in [-0.4, -0.2) is 36.8 Å². The number of aryl methyl sites for hydroxylation is 1. The van der Waals surface area contributed by atoms with Crippen LogP contribution in [0.3, 0.4) is 0 Å². The van der Waals surface area contributed by atoms with Crippen LogP contribution in [0.2, 0.25) is 0 Å². The zero-order valence-electron chi connectivity index (χ0n) is 14.7. The normalized spacial score (nSPS) is 18.9. The third-order valence-electron chi connectivity index (χ3n) is 4.86. The minimum atomic E-state index is -2.95. The highest BCUT2D eigenvalue weighted by Gasteiger charge is 2.31. The number of hydrogen-bond acceptors (Lipinski definition) is 5. The van der Waals surface area contributed by atoms with Crippen LogP contribution in [0.4, 0.5) is 5.69 Å². The molecular formula is C18H22N4O2S. The van der Waals surface area contributed by atoms with Gasteiger partial charge in [-0.25, -0.2) is 8.42 Å². The van der Waals surface area contributed by atoms with Crippen LogP contribution >= 0.6 is 0 Å². The molecule has 132 valence electrons. The van der Waals surface area contributed by atoms with E-state index in [2.05, 4.69) is 11.2 Å². The fraction of sp³-hybridized carbons (Fsp3) is 0.444. The molecule has 1 aliphatic heterocycles. The molecule has 6 nitrogen and oxygen atoms in total. The molecular weight excluding hydrogens is 336 g/mol. The SMILES string of the molecule is Cc1nn(C2CCS(=O)(=O)C2)c(C)c1CN(C)c1ccccc1C#N. The van der Waals surface area contributed by atoms with Gasteiger partial charge < -0.3 is 4.90 Å². The Bertz CT molecular complexity index is 940. The predicted molar refractivity (Wildman–Crippen MR) is 97.3 cm³/mol. The van der Waals surface area contributed by atoms with Crippen LogP contribution in [0, 0.1) is 25.2 Å². The van der Waals surface area contributed by atoms with Crippen LogP contribution in [0.1, 0.15) is 35.0 Å². The van der Waals surface area contributed by atoms with Crippen molar-refractivity contribution in [1.82, 2.24) is 9.78 Å². The van der Waals surface area contributed by atoms with Gasteiger partial charge in [0.15, 0.2) is 9.84 Å². The monoisotopic (exact) mass is 358 g/mol. The number of rotatable bonds is 4. The maximum absolute atomic E-state index is 11.8. The molecule has 0 N–H and O–H groups in total. The van der Waals surface area contributed by atoms with Gasteiger partial charge in [0, 0.05) is 24.8 Å². The summed E-state index contributed by atoms with van der Waals surface area (Å²) in [4.78, 5) is 2.03. The molecule has 0 amide bonds. The highest BCUT2D eigenvalue weighted by molar-refractivity contribution is 7.91. The molecule has 1 fully saturated rings. The van der Waals surface area contributed by atoms with Crippen molar-refractivity contribution < 1.29 is 8.42 Å². The van der Waals surface area contributed by atoms with Gasteiger partial charge in [-0.2, -0.15) is 10.4 Å². The molecule has 1 unspecified atom stereocenters. The number of nitriles is 1. The average molecular weight is 358 g/mol. The lowest BCUT2D eigenvalue weighted by atomic mass is 10.1. The van der Waals surface area contributed by atoms with E-state index < -0.39 is 9.84 Å². The second kappa shape index (κ2) is 6.52. The summed E-state index contributed by atoms with van der Waals surface area (Å²) in [7, 11) is -0.995. The fourth-order valence-corrected chi connectivity index (χ4v) is 5.17. The van der Waals surface area contributed by atoms with Crippen molar-refractivity contribution in [1.29, 1.82) is 5.26 Å².